The van der Waals surface area contributed by atoms with Gasteiger partial charge in [0.15, 0.2) is 11.6 Å². The minimum Gasteiger partial charge on any atom is -0.365 e. The molecule has 0 spiro atoms. The van der Waals surface area contributed by atoms with E-state index in [9.17, 15) is 13.9 Å². The van der Waals surface area contributed by atoms with Crippen molar-refractivity contribution in [1.29, 1.82) is 0 Å². The summed E-state index contributed by atoms with van der Waals surface area (Å²) in [4.78, 5) is 8.80. The monoisotopic (exact) mass is 485 g/mol. The first-order valence-electron chi connectivity index (χ1n) is 10.6. The van der Waals surface area contributed by atoms with Crippen molar-refractivity contribution < 1.29 is 18.6 Å². The molecule has 10 heteroatoms. The first-order valence-corrected chi connectivity index (χ1v) is 10.6. The van der Waals surface area contributed by atoms with Crippen LogP contribution in [-0.4, -0.2) is 37.8 Å². The number of methoxy groups -OCH3 is 1. The Balaban J connectivity index is 0.00000274. The van der Waals surface area contributed by atoms with Crippen LogP contribution in [0.5, 0.6) is 0 Å². The summed E-state index contributed by atoms with van der Waals surface area (Å²) in [5, 5.41) is 15.3. The van der Waals surface area contributed by atoms with Crippen molar-refractivity contribution >= 4 is 24.4 Å². The molecule has 4 aromatic rings. The van der Waals surface area contributed by atoms with Crippen LogP contribution < -0.4 is 5.73 Å². The van der Waals surface area contributed by atoms with Crippen molar-refractivity contribution in [3.05, 3.63) is 72.2 Å². The van der Waals surface area contributed by atoms with Gasteiger partial charge < -0.3 is 15.6 Å². The molecular formula is C24H25F2N5O2S. The maximum atomic E-state index is 13.1. The van der Waals surface area contributed by atoms with E-state index in [-0.39, 0.29) is 31.1 Å². The molecular weight excluding hydrogens is 460 g/mol. The fraction of sp³-hybridized carbons (Fsp3) is 0.292. The van der Waals surface area contributed by atoms with E-state index in [1.807, 2.05) is 36.4 Å². The van der Waals surface area contributed by atoms with Crippen molar-refractivity contribution in [3.8, 4) is 17.1 Å². The number of hydrogen-bond donors (Lipinski definition) is 2. The molecule has 1 saturated carbocycles. The predicted molar refractivity (Wildman–Crippen MR) is 129 cm³/mol. The first kappa shape index (κ1) is 24.2. The molecule has 0 saturated heterocycles. The summed E-state index contributed by atoms with van der Waals surface area (Å²) in [6.45, 7) is 0. The number of halogens is 2. The highest BCUT2D eigenvalue weighted by molar-refractivity contribution is 7.59. The number of benzene rings is 1. The van der Waals surface area contributed by atoms with Gasteiger partial charge in [0.25, 0.3) is 6.43 Å². The van der Waals surface area contributed by atoms with Gasteiger partial charge in [0.2, 0.25) is 0 Å². The molecule has 0 bridgehead atoms. The Morgan fingerprint density at radius 3 is 2.56 bits per heavy atom. The highest BCUT2D eigenvalue weighted by Gasteiger charge is 2.46. The second kappa shape index (κ2) is 9.38. The summed E-state index contributed by atoms with van der Waals surface area (Å²) in [6.07, 6.45) is -0.0592. The molecule has 3 aromatic heterocycles. The average molecular weight is 486 g/mol. The van der Waals surface area contributed by atoms with E-state index in [2.05, 4.69) is 10.1 Å². The number of ether oxygens (including phenoxy) is 1. The van der Waals surface area contributed by atoms with Gasteiger partial charge >= 0.3 is 0 Å². The first-order chi connectivity index (χ1) is 15.9. The van der Waals surface area contributed by atoms with Gasteiger partial charge in [0.1, 0.15) is 5.69 Å². The van der Waals surface area contributed by atoms with Crippen molar-refractivity contribution in [2.45, 2.75) is 31.1 Å². The maximum absolute atomic E-state index is 13.1. The number of nitrogens with two attached hydrogens (primary N) is 1. The summed E-state index contributed by atoms with van der Waals surface area (Å²) in [5.74, 6) is -0.701. The van der Waals surface area contributed by atoms with Crippen LogP contribution in [0.3, 0.4) is 0 Å². The largest absolute Gasteiger partial charge is 0.365 e. The number of alkyl halides is 2. The van der Waals surface area contributed by atoms with Crippen LogP contribution >= 0.6 is 13.5 Å². The Hall–Kier alpha value is -2.92. The minimum atomic E-state index is -2.66. The summed E-state index contributed by atoms with van der Waals surface area (Å²) in [5.41, 5.74) is 9.15. The van der Waals surface area contributed by atoms with Crippen molar-refractivity contribution in [2.75, 3.05) is 7.11 Å². The van der Waals surface area contributed by atoms with Gasteiger partial charge in [-0.2, -0.15) is 18.6 Å². The van der Waals surface area contributed by atoms with Crippen LogP contribution in [0.1, 0.15) is 36.7 Å². The Kier molecular flexibility index (Phi) is 6.68. The zero-order valence-corrected chi connectivity index (χ0v) is 19.4. The summed E-state index contributed by atoms with van der Waals surface area (Å²) < 4.78 is 32.9. The van der Waals surface area contributed by atoms with Gasteiger partial charge in [-0.15, -0.1) is 0 Å². The standard InChI is InChI=1S/C24H23F2N5O2.H2S/c1-33-24(32)11-16(12-24)22(27)18-5-2-4-17(29-18)14-8-9-15-13-28-31(20(15)10-14)21-7-3-6-19(30-21)23(25)26;/h2-10,13,16,22-23,32H,11-12,27H2,1H3;1H2/t16?,22-,24?;/m0./s1. The van der Waals surface area contributed by atoms with Crippen molar-refractivity contribution in [2.24, 2.45) is 11.7 Å². The van der Waals surface area contributed by atoms with Gasteiger partial charge in [-0.05, 0) is 36.2 Å². The Bertz CT molecular complexity index is 1310. The third kappa shape index (κ3) is 4.41. The molecule has 1 aliphatic rings. The maximum Gasteiger partial charge on any atom is 0.280 e. The van der Waals surface area contributed by atoms with Crippen LogP contribution in [-0.2, 0) is 4.74 Å². The summed E-state index contributed by atoms with van der Waals surface area (Å²) >= 11 is 0. The fourth-order valence-electron chi connectivity index (χ4n) is 4.26. The number of pyridine rings is 2. The van der Waals surface area contributed by atoms with E-state index in [1.54, 1.807) is 23.0 Å². The Labute approximate surface area is 202 Å². The molecule has 0 radical (unpaired) electrons. The predicted octanol–water partition coefficient (Wildman–Crippen LogP) is 4.28. The lowest BCUT2D eigenvalue weighted by Gasteiger charge is -2.44. The number of fused-ring (bicyclic) bond motifs is 1. The van der Waals surface area contributed by atoms with Gasteiger partial charge in [0, 0.05) is 30.9 Å². The van der Waals surface area contributed by atoms with Gasteiger partial charge in [-0.3, -0.25) is 4.98 Å². The topological polar surface area (TPSA) is 99.1 Å². The van der Waals surface area contributed by atoms with E-state index in [0.29, 0.717) is 18.7 Å². The normalized spacial score (nSPS) is 20.7. The molecule has 34 heavy (non-hydrogen) atoms. The van der Waals surface area contributed by atoms with Gasteiger partial charge in [-0.1, -0.05) is 24.3 Å². The number of rotatable bonds is 6. The van der Waals surface area contributed by atoms with Crippen LogP contribution in [0.15, 0.2) is 60.8 Å². The molecule has 5 rings (SSSR count). The summed E-state index contributed by atoms with van der Waals surface area (Å²) in [6, 6.07) is 15.6. The third-order valence-electron chi connectivity index (χ3n) is 6.23. The lowest BCUT2D eigenvalue weighted by molar-refractivity contribution is -0.256. The highest BCUT2D eigenvalue weighted by atomic mass is 32.1. The van der Waals surface area contributed by atoms with E-state index >= 15 is 0 Å². The molecule has 0 amide bonds. The second-order valence-corrected chi connectivity index (χ2v) is 8.34. The zero-order valence-electron chi connectivity index (χ0n) is 18.4. The third-order valence-corrected chi connectivity index (χ3v) is 6.23. The highest BCUT2D eigenvalue weighted by Crippen LogP contribution is 2.44. The van der Waals surface area contributed by atoms with Crippen LogP contribution in [0.25, 0.3) is 28.0 Å². The summed E-state index contributed by atoms with van der Waals surface area (Å²) in [7, 11) is 1.49. The van der Waals surface area contributed by atoms with Crippen molar-refractivity contribution in [3.63, 3.8) is 0 Å². The second-order valence-electron chi connectivity index (χ2n) is 8.34. The molecule has 3 heterocycles. The SMILES string of the molecule is COC1(O)CC([C@H](N)c2cccc(-c3ccc4cnn(-c5cccc(C(F)F)n5)c4c3)n2)C1.S. The molecule has 0 unspecified atom stereocenters. The number of aliphatic hydroxyl groups is 1. The molecule has 1 aromatic carbocycles. The molecule has 7 nitrogen and oxygen atoms in total. The molecule has 178 valence electrons. The number of aromatic nitrogens is 4. The zero-order chi connectivity index (χ0) is 23.2. The Morgan fingerprint density at radius 1 is 1.09 bits per heavy atom. The van der Waals surface area contributed by atoms with Crippen molar-refractivity contribution in [1.82, 2.24) is 19.7 Å². The molecule has 1 fully saturated rings. The quantitative estimate of drug-likeness (QED) is 0.396. The lowest BCUT2D eigenvalue weighted by atomic mass is 9.73. The molecule has 3 N–H and O–H groups in total. The number of hydrogen-bond acceptors (Lipinski definition) is 6. The Morgan fingerprint density at radius 2 is 1.82 bits per heavy atom. The van der Waals surface area contributed by atoms with Crippen LogP contribution in [0.2, 0.25) is 0 Å². The van der Waals surface area contributed by atoms with E-state index in [4.69, 9.17) is 15.5 Å². The minimum absolute atomic E-state index is 0. The molecule has 1 aliphatic carbocycles. The van der Waals surface area contributed by atoms with E-state index in [1.165, 1.54) is 13.2 Å². The van der Waals surface area contributed by atoms with E-state index in [0.717, 1.165) is 27.9 Å². The van der Waals surface area contributed by atoms with Crippen LogP contribution in [0, 0.1) is 5.92 Å². The van der Waals surface area contributed by atoms with E-state index < -0.39 is 12.2 Å². The number of nitrogens with zero attached hydrogens (tertiary/aromatic N) is 4. The van der Waals surface area contributed by atoms with Gasteiger partial charge in [-0.25, -0.2) is 18.4 Å². The van der Waals surface area contributed by atoms with Gasteiger partial charge in [0.05, 0.1) is 29.1 Å². The lowest BCUT2D eigenvalue weighted by Crippen LogP contribution is -2.49. The van der Waals surface area contributed by atoms with Crippen LogP contribution in [0.4, 0.5) is 8.78 Å². The molecule has 0 aliphatic heterocycles. The fourth-order valence-corrected chi connectivity index (χ4v) is 4.26. The smallest absolute Gasteiger partial charge is 0.280 e. The average Bonchev–Trinajstić information content (AvgIpc) is 3.25. The molecule has 1 atom stereocenters.